The van der Waals surface area contributed by atoms with Crippen molar-refractivity contribution in [3.63, 3.8) is 0 Å². The third kappa shape index (κ3) is 5.53. The molecule has 0 aliphatic rings. The van der Waals surface area contributed by atoms with Gasteiger partial charge in [-0.15, -0.1) is 12.4 Å². The third-order valence-corrected chi connectivity index (χ3v) is 6.18. The molecule has 7 nitrogen and oxygen atoms in total. The number of rotatable bonds is 5. The van der Waals surface area contributed by atoms with Gasteiger partial charge in [-0.05, 0) is 60.2 Å². The molecule has 0 saturated carbocycles. The Bertz CT molecular complexity index is 1610. The Labute approximate surface area is 229 Å². The van der Waals surface area contributed by atoms with E-state index in [1.165, 1.54) is 4.57 Å². The molecule has 2 aromatic carbocycles. The molecular formula is C26H18Br2ClN5O2. The van der Waals surface area contributed by atoms with E-state index in [0.29, 0.717) is 40.2 Å². The molecule has 1 amide bonds. The van der Waals surface area contributed by atoms with E-state index in [0.717, 1.165) is 14.5 Å². The Balaban J connectivity index is 0.00000304. The number of halogens is 3. The Morgan fingerprint density at radius 2 is 1.72 bits per heavy atom. The summed E-state index contributed by atoms with van der Waals surface area (Å²) in [7, 11) is 0. The molecular weight excluding hydrogens is 610 g/mol. The van der Waals surface area contributed by atoms with Gasteiger partial charge in [-0.3, -0.25) is 19.1 Å². The molecule has 0 radical (unpaired) electrons. The summed E-state index contributed by atoms with van der Waals surface area (Å²) in [6.45, 7) is 0. The van der Waals surface area contributed by atoms with Crippen molar-refractivity contribution in [2.45, 2.75) is 6.42 Å². The maximum Gasteiger partial charge on any atom is 0.278 e. The molecule has 0 saturated heterocycles. The molecule has 180 valence electrons. The largest absolute Gasteiger partial charge is 0.322 e. The first-order chi connectivity index (χ1) is 17.0. The highest BCUT2D eigenvalue weighted by Crippen LogP contribution is 2.22. The minimum absolute atomic E-state index is 0. The summed E-state index contributed by atoms with van der Waals surface area (Å²) in [5, 5.41) is 2.90. The summed E-state index contributed by atoms with van der Waals surface area (Å²) >= 11 is 6.81. The van der Waals surface area contributed by atoms with Gasteiger partial charge in [0.2, 0.25) is 0 Å². The van der Waals surface area contributed by atoms with E-state index in [9.17, 15) is 9.59 Å². The number of benzene rings is 2. The number of nitrogens with zero attached hydrogens (tertiary/aromatic N) is 4. The average Bonchev–Trinajstić information content (AvgIpc) is 2.85. The number of amides is 1. The monoisotopic (exact) mass is 625 g/mol. The van der Waals surface area contributed by atoms with Crippen LogP contribution < -0.4 is 10.9 Å². The number of hydrogen-bond acceptors (Lipinski definition) is 5. The quantitative estimate of drug-likeness (QED) is 0.260. The normalized spacial score (nSPS) is 10.6. The smallest absolute Gasteiger partial charge is 0.278 e. The summed E-state index contributed by atoms with van der Waals surface area (Å²) in [5.41, 5.74) is 3.63. The second-order valence-corrected chi connectivity index (χ2v) is 9.58. The van der Waals surface area contributed by atoms with E-state index < -0.39 is 0 Å². The van der Waals surface area contributed by atoms with Gasteiger partial charge >= 0.3 is 0 Å². The fraction of sp³-hybridized carbons (Fsp3) is 0.0385. The minimum Gasteiger partial charge on any atom is -0.322 e. The predicted octanol–water partition coefficient (Wildman–Crippen LogP) is 5.97. The number of carbonyl (C=O) groups is 1. The molecule has 0 aliphatic carbocycles. The van der Waals surface area contributed by atoms with Crippen LogP contribution in [0.5, 0.6) is 0 Å². The van der Waals surface area contributed by atoms with Crippen molar-refractivity contribution < 1.29 is 4.79 Å². The molecule has 3 aromatic heterocycles. The van der Waals surface area contributed by atoms with Gasteiger partial charge < -0.3 is 5.32 Å². The lowest BCUT2D eigenvalue weighted by Gasteiger charge is -2.13. The molecule has 0 fully saturated rings. The van der Waals surface area contributed by atoms with Gasteiger partial charge in [0.15, 0.2) is 5.65 Å². The first-order valence-electron chi connectivity index (χ1n) is 10.6. The van der Waals surface area contributed by atoms with Gasteiger partial charge in [0.1, 0.15) is 11.2 Å². The SMILES string of the molecule is Cl.O=C(Nc1cccc(-n2c(=O)c(Cc3cccnc3)nc3cccnc32)c1)c1cc(Br)cc(Br)c1. The van der Waals surface area contributed by atoms with Crippen molar-refractivity contribution in [3.05, 3.63) is 121 Å². The molecule has 0 spiro atoms. The highest BCUT2D eigenvalue weighted by molar-refractivity contribution is 9.11. The van der Waals surface area contributed by atoms with Gasteiger partial charge in [-0.2, -0.15) is 0 Å². The van der Waals surface area contributed by atoms with E-state index in [2.05, 4.69) is 52.1 Å². The van der Waals surface area contributed by atoms with Crippen LogP contribution in [0, 0.1) is 0 Å². The zero-order valence-electron chi connectivity index (χ0n) is 18.6. The van der Waals surface area contributed by atoms with E-state index in [1.807, 2.05) is 24.3 Å². The highest BCUT2D eigenvalue weighted by Gasteiger charge is 2.15. The average molecular weight is 628 g/mol. The summed E-state index contributed by atoms with van der Waals surface area (Å²) in [6, 6.07) is 19.8. The first-order valence-corrected chi connectivity index (χ1v) is 12.2. The van der Waals surface area contributed by atoms with Gasteiger partial charge in [-0.1, -0.05) is 44.0 Å². The topological polar surface area (TPSA) is 89.8 Å². The number of carbonyl (C=O) groups excluding carboxylic acids is 1. The fourth-order valence-corrected chi connectivity index (χ4v) is 5.02. The molecule has 0 unspecified atom stereocenters. The maximum atomic E-state index is 13.6. The lowest BCUT2D eigenvalue weighted by Crippen LogP contribution is -2.25. The van der Waals surface area contributed by atoms with Crippen LogP contribution >= 0.6 is 44.3 Å². The van der Waals surface area contributed by atoms with Crippen molar-refractivity contribution in [1.29, 1.82) is 0 Å². The molecule has 1 N–H and O–H groups in total. The Morgan fingerprint density at radius 3 is 2.47 bits per heavy atom. The van der Waals surface area contributed by atoms with Gasteiger partial charge in [-0.25, -0.2) is 9.97 Å². The molecule has 3 heterocycles. The van der Waals surface area contributed by atoms with Crippen LogP contribution in [0.25, 0.3) is 16.9 Å². The van der Waals surface area contributed by atoms with E-state index in [-0.39, 0.29) is 23.9 Å². The van der Waals surface area contributed by atoms with Crippen LogP contribution in [-0.2, 0) is 6.42 Å². The number of nitrogens with one attached hydrogen (secondary N) is 1. The molecule has 0 aliphatic heterocycles. The summed E-state index contributed by atoms with van der Waals surface area (Å²) in [4.78, 5) is 39.5. The molecule has 5 aromatic rings. The van der Waals surface area contributed by atoms with Gasteiger partial charge in [0, 0.05) is 45.2 Å². The van der Waals surface area contributed by atoms with Crippen LogP contribution in [0.3, 0.4) is 0 Å². The van der Waals surface area contributed by atoms with Gasteiger partial charge in [0.05, 0.1) is 5.69 Å². The van der Waals surface area contributed by atoms with Crippen LogP contribution in [0.15, 0.2) is 99.1 Å². The van der Waals surface area contributed by atoms with E-state index in [4.69, 9.17) is 0 Å². The lowest BCUT2D eigenvalue weighted by molar-refractivity contribution is 0.102. The Hall–Kier alpha value is -3.40. The van der Waals surface area contributed by atoms with Crippen LogP contribution in [0.2, 0.25) is 0 Å². The van der Waals surface area contributed by atoms with E-state index in [1.54, 1.807) is 61.1 Å². The fourth-order valence-electron chi connectivity index (χ4n) is 3.73. The second kappa shape index (κ2) is 11.1. The molecule has 10 heteroatoms. The predicted molar refractivity (Wildman–Crippen MR) is 149 cm³/mol. The molecule has 0 atom stereocenters. The van der Waals surface area contributed by atoms with Crippen molar-refractivity contribution in [2.24, 2.45) is 0 Å². The third-order valence-electron chi connectivity index (χ3n) is 5.26. The van der Waals surface area contributed by atoms with Crippen LogP contribution in [0.1, 0.15) is 21.6 Å². The molecule has 5 rings (SSSR count). The first kappa shape index (κ1) is 25.7. The van der Waals surface area contributed by atoms with Crippen molar-refractivity contribution in [2.75, 3.05) is 5.32 Å². The number of fused-ring (bicyclic) bond motifs is 1. The number of aromatic nitrogens is 4. The van der Waals surface area contributed by atoms with Crippen LogP contribution in [0.4, 0.5) is 5.69 Å². The minimum atomic E-state index is -0.278. The number of anilines is 1. The van der Waals surface area contributed by atoms with Gasteiger partial charge in [0.25, 0.3) is 11.5 Å². The summed E-state index contributed by atoms with van der Waals surface area (Å²) in [6.07, 6.45) is 5.37. The van der Waals surface area contributed by atoms with Crippen LogP contribution in [-0.4, -0.2) is 25.4 Å². The van der Waals surface area contributed by atoms with Crippen molar-refractivity contribution in [1.82, 2.24) is 19.5 Å². The maximum absolute atomic E-state index is 13.6. The van der Waals surface area contributed by atoms with Crippen molar-refractivity contribution >= 4 is 67.0 Å². The highest BCUT2D eigenvalue weighted by atomic mass is 79.9. The standard InChI is InChI=1S/C26H17Br2N5O2.ClH/c27-18-11-17(12-19(28)13-18)25(34)31-20-5-1-6-21(14-20)33-24-22(7-3-9-30-24)32-23(26(33)35)10-16-4-2-8-29-15-16;/h1-9,11-15H,10H2,(H,31,34);1H. The van der Waals surface area contributed by atoms with Crippen molar-refractivity contribution in [3.8, 4) is 5.69 Å². The summed E-state index contributed by atoms with van der Waals surface area (Å²) in [5.74, 6) is -0.272. The zero-order chi connectivity index (χ0) is 24.4. The lowest BCUT2D eigenvalue weighted by atomic mass is 10.1. The zero-order valence-corrected chi connectivity index (χ0v) is 22.5. The Kier molecular flexibility index (Phi) is 7.93. The Morgan fingerprint density at radius 1 is 0.944 bits per heavy atom. The molecule has 36 heavy (non-hydrogen) atoms. The number of pyridine rings is 2. The second-order valence-electron chi connectivity index (χ2n) is 7.75. The number of hydrogen-bond donors (Lipinski definition) is 1. The van der Waals surface area contributed by atoms with E-state index >= 15 is 0 Å². The summed E-state index contributed by atoms with van der Waals surface area (Å²) < 4.78 is 3.10. The molecule has 0 bridgehead atoms.